The zero-order valence-corrected chi connectivity index (χ0v) is 15.9. The lowest BCUT2D eigenvalue weighted by Gasteiger charge is -2.30. The minimum atomic E-state index is -0.695. The van der Waals surface area contributed by atoms with Crippen LogP contribution < -0.4 is 0 Å². The smallest absolute Gasteiger partial charge is 0.310 e. The van der Waals surface area contributed by atoms with Gasteiger partial charge in [-0.15, -0.1) is 0 Å². The van der Waals surface area contributed by atoms with Gasteiger partial charge in [0.15, 0.2) is 0 Å². The van der Waals surface area contributed by atoms with Gasteiger partial charge in [0.1, 0.15) is 0 Å². The van der Waals surface area contributed by atoms with Gasteiger partial charge in [0.05, 0.1) is 5.92 Å². The van der Waals surface area contributed by atoms with Crippen LogP contribution in [0.25, 0.3) is 0 Å². The number of carbonyl (C=O) groups is 1. The van der Waals surface area contributed by atoms with E-state index in [2.05, 4.69) is 20.8 Å². The largest absolute Gasteiger partial charge is 0.481 e. The Morgan fingerprint density at radius 2 is 1.46 bits per heavy atom. The normalized spacial score (nSPS) is 13.0. The highest BCUT2D eigenvalue weighted by Crippen LogP contribution is 2.36. The lowest BCUT2D eigenvalue weighted by molar-refractivity contribution is -0.139. The van der Waals surface area contributed by atoms with Gasteiger partial charge in [0, 0.05) is 0 Å². The van der Waals surface area contributed by atoms with Crippen molar-refractivity contribution in [2.24, 2.45) is 5.41 Å². The van der Waals surface area contributed by atoms with Gasteiger partial charge in [-0.1, -0.05) is 102 Å². The van der Waals surface area contributed by atoms with E-state index >= 15 is 0 Å². The van der Waals surface area contributed by atoms with E-state index in [4.69, 9.17) is 0 Å². The van der Waals surface area contributed by atoms with Crippen molar-refractivity contribution in [3.63, 3.8) is 0 Å². The molecule has 0 amide bonds. The second-order valence-electron chi connectivity index (χ2n) is 7.17. The highest BCUT2D eigenvalue weighted by atomic mass is 16.4. The van der Waals surface area contributed by atoms with Crippen LogP contribution in [0.5, 0.6) is 0 Å². The third-order valence-corrected chi connectivity index (χ3v) is 5.95. The summed E-state index contributed by atoms with van der Waals surface area (Å²) in [7, 11) is 0. The monoisotopic (exact) mass is 332 g/mol. The molecule has 24 heavy (non-hydrogen) atoms. The van der Waals surface area contributed by atoms with Crippen LogP contribution in [0.2, 0.25) is 0 Å². The van der Waals surface area contributed by atoms with E-state index in [1.54, 1.807) is 0 Å². The van der Waals surface area contributed by atoms with Crippen LogP contribution in [-0.2, 0) is 4.79 Å². The SMILES string of the molecule is CCC(CC)(CC)CCCCCCCC(C(=O)O)c1ccccc1. The van der Waals surface area contributed by atoms with Crippen molar-refractivity contribution in [1.29, 1.82) is 0 Å². The summed E-state index contributed by atoms with van der Waals surface area (Å²) in [6.07, 6.45) is 11.9. The minimum Gasteiger partial charge on any atom is -0.481 e. The van der Waals surface area contributed by atoms with E-state index in [1.165, 1.54) is 44.9 Å². The van der Waals surface area contributed by atoms with E-state index in [0.717, 1.165) is 24.8 Å². The standard InChI is InChI=1S/C22H36O2/c1-4-22(5-2,6-3)18-14-9-7-8-13-17-20(21(23)24)19-15-11-10-12-16-19/h10-12,15-16,20H,4-9,13-14,17-18H2,1-3H3,(H,23,24). The zero-order chi connectivity index (χ0) is 17.8. The van der Waals surface area contributed by atoms with Crippen LogP contribution in [0.4, 0.5) is 0 Å². The van der Waals surface area contributed by atoms with Gasteiger partial charge in [-0.25, -0.2) is 0 Å². The second-order valence-corrected chi connectivity index (χ2v) is 7.17. The van der Waals surface area contributed by atoms with Gasteiger partial charge in [-0.2, -0.15) is 0 Å². The fourth-order valence-electron chi connectivity index (χ4n) is 3.78. The van der Waals surface area contributed by atoms with Gasteiger partial charge in [-0.05, 0) is 23.8 Å². The molecular weight excluding hydrogens is 296 g/mol. The van der Waals surface area contributed by atoms with E-state index in [-0.39, 0.29) is 5.92 Å². The van der Waals surface area contributed by atoms with E-state index in [9.17, 15) is 9.90 Å². The molecule has 0 spiro atoms. The van der Waals surface area contributed by atoms with E-state index < -0.39 is 5.97 Å². The van der Waals surface area contributed by atoms with Crippen LogP contribution in [0, 0.1) is 5.41 Å². The molecule has 0 aliphatic rings. The first-order valence-corrected chi connectivity index (χ1v) is 9.86. The lowest BCUT2D eigenvalue weighted by atomic mass is 9.75. The van der Waals surface area contributed by atoms with Crippen molar-refractivity contribution in [3.8, 4) is 0 Å². The van der Waals surface area contributed by atoms with Crippen LogP contribution in [-0.4, -0.2) is 11.1 Å². The molecule has 1 atom stereocenters. The molecule has 1 aromatic carbocycles. The number of rotatable bonds is 13. The zero-order valence-electron chi connectivity index (χ0n) is 15.9. The molecule has 0 heterocycles. The number of unbranched alkanes of at least 4 members (excludes halogenated alkanes) is 4. The summed E-state index contributed by atoms with van der Waals surface area (Å²) in [6, 6.07) is 9.64. The summed E-state index contributed by atoms with van der Waals surface area (Å²) in [5.41, 5.74) is 1.49. The van der Waals surface area contributed by atoms with E-state index in [0.29, 0.717) is 5.41 Å². The third-order valence-electron chi connectivity index (χ3n) is 5.95. The summed E-state index contributed by atoms with van der Waals surface area (Å²) in [6.45, 7) is 6.97. The molecule has 0 aromatic heterocycles. The number of hydrogen-bond donors (Lipinski definition) is 1. The predicted octanol–water partition coefficient (Wildman–Crippen LogP) is 6.80. The molecule has 0 aliphatic carbocycles. The first kappa shape index (κ1) is 20.7. The fourth-order valence-corrected chi connectivity index (χ4v) is 3.78. The Labute approximate surface area is 148 Å². The highest BCUT2D eigenvalue weighted by Gasteiger charge is 2.22. The van der Waals surface area contributed by atoms with Crippen LogP contribution in [0.3, 0.4) is 0 Å². The van der Waals surface area contributed by atoms with Gasteiger partial charge < -0.3 is 5.11 Å². The van der Waals surface area contributed by atoms with Crippen LogP contribution in [0.1, 0.15) is 96.5 Å². The Morgan fingerprint density at radius 1 is 0.917 bits per heavy atom. The maximum atomic E-state index is 11.5. The van der Waals surface area contributed by atoms with Crippen molar-refractivity contribution in [3.05, 3.63) is 35.9 Å². The molecule has 1 unspecified atom stereocenters. The molecule has 0 radical (unpaired) electrons. The minimum absolute atomic E-state index is 0.348. The van der Waals surface area contributed by atoms with Crippen LogP contribution in [0.15, 0.2) is 30.3 Å². The van der Waals surface area contributed by atoms with Crippen molar-refractivity contribution < 1.29 is 9.90 Å². The van der Waals surface area contributed by atoms with Crippen molar-refractivity contribution in [1.82, 2.24) is 0 Å². The molecule has 1 rings (SSSR count). The number of benzene rings is 1. The molecule has 2 heteroatoms. The topological polar surface area (TPSA) is 37.3 Å². The molecule has 0 saturated heterocycles. The van der Waals surface area contributed by atoms with E-state index in [1.807, 2.05) is 30.3 Å². The summed E-state index contributed by atoms with van der Waals surface area (Å²) in [5.74, 6) is -1.04. The average Bonchev–Trinajstić information content (AvgIpc) is 2.61. The molecule has 0 fully saturated rings. The highest BCUT2D eigenvalue weighted by molar-refractivity contribution is 5.75. The summed E-state index contributed by atoms with van der Waals surface area (Å²) >= 11 is 0. The van der Waals surface area contributed by atoms with Gasteiger partial charge in [0.25, 0.3) is 0 Å². The third kappa shape index (κ3) is 6.67. The first-order valence-electron chi connectivity index (χ1n) is 9.86. The molecule has 136 valence electrons. The molecular formula is C22H36O2. The summed E-state index contributed by atoms with van der Waals surface area (Å²) < 4.78 is 0. The number of carboxylic acid groups (broad SMARTS) is 1. The molecule has 0 saturated carbocycles. The molecule has 0 bridgehead atoms. The average molecular weight is 333 g/mol. The first-order chi connectivity index (χ1) is 11.6. The fraction of sp³-hybridized carbons (Fsp3) is 0.682. The lowest BCUT2D eigenvalue weighted by Crippen LogP contribution is -2.17. The Morgan fingerprint density at radius 3 is 2.00 bits per heavy atom. The van der Waals surface area contributed by atoms with Crippen molar-refractivity contribution in [2.75, 3.05) is 0 Å². The number of carboxylic acids is 1. The summed E-state index contributed by atoms with van der Waals surface area (Å²) in [4.78, 5) is 11.5. The van der Waals surface area contributed by atoms with Crippen molar-refractivity contribution >= 4 is 5.97 Å². The summed E-state index contributed by atoms with van der Waals surface area (Å²) in [5, 5.41) is 9.44. The van der Waals surface area contributed by atoms with Gasteiger partial charge in [-0.3, -0.25) is 4.79 Å². The number of aliphatic carboxylic acids is 1. The number of hydrogen-bond acceptors (Lipinski definition) is 1. The molecule has 0 aliphatic heterocycles. The molecule has 1 aromatic rings. The Kier molecular flexibility index (Phi) is 9.75. The predicted molar refractivity (Wildman–Crippen MR) is 102 cm³/mol. The maximum absolute atomic E-state index is 11.5. The molecule has 1 N–H and O–H groups in total. The van der Waals surface area contributed by atoms with Crippen LogP contribution >= 0.6 is 0 Å². The Hall–Kier alpha value is -1.31. The van der Waals surface area contributed by atoms with Crippen molar-refractivity contribution in [2.45, 2.75) is 90.9 Å². The van der Waals surface area contributed by atoms with Gasteiger partial charge >= 0.3 is 5.97 Å². The Balaban J connectivity index is 2.24. The molecule has 2 nitrogen and oxygen atoms in total. The second kappa shape index (κ2) is 11.3. The quantitative estimate of drug-likeness (QED) is 0.403. The van der Waals surface area contributed by atoms with Gasteiger partial charge in [0.2, 0.25) is 0 Å². The Bertz CT molecular complexity index is 440. The maximum Gasteiger partial charge on any atom is 0.310 e.